The van der Waals surface area contributed by atoms with E-state index < -0.39 is 50.7 Å². The van der Waals surface area contributed by atoms with Crippen LogP contribution in [0.1, 0.15) is 26.5 Å². The van der Waals surface area contributed by atoms with Gasteiger partial charge in [-0.3, -0.25) is 14.5 Å². The third kappa shape index (κ3) is 4.59. The van der Waals surface area contributed by atoms with Crippen molar-refractivity contribution in [1.82, 2.24) is 8.61 Å². The maximum absolute atomic E-state index is 13.5. The van der Waals surface area contributed by atoms with E-state index in [1.807, 2.05) is 0 Å². The van der Waals surface area contributed by atoms with Gasteiger partial charge in [0.1, 0.15) is 5.76 Å². The predicted octanol–water partition coefficient (Wildman–Crippen LogP) is 2.11. The summed E-state index contributed by atoms with van der Waals surface area (Å²) in [4.78, 5) is 25.7. The zero-order valence-corrected chi connectivity index (χ0v) is 20.9. The second-order valence-corrected chi connectivity index (χ2v) is 11.8. The van der Waals surface area contributed by atoms with Gasteiger partial charge in [-0.05, 0) is 36.4 Å². The van der Waals surface area contributed by atoms with E-state index in [4.69, 9.17) is 13.9 Å². The Morgan fingerprint density at radius 3 is 2.06 bits per heavy atom. The van der Waals surface area contributed by atoms with Gasteiger partial charge in [-0.25, -0.2) is 16.8 Å². The molecule has 190 valence electrons. The number of benzene rings is 2. The fourth-order valence-electron chi connectivity index (χ4n) is 3.71. The number of carbonyl (C=O) groups is 2. The van der Waals surface area contributed by atoms with Gasteiger partial charge < -0.3 is 13.9 Å². The molecule has 2 heterocycles. The molecule has 2 amide bonds. The van der Waals surface area contributed by atoms with Crippen LogP contribution < -0.4 is 9.47 Å². The first-order valence-corrected chi connectivity index (χ1v) is 13.6. The largest absolute Gasteiger partial charge is 0.493 e. The maximum Gasteiger partial charge on any atom is 0.261 e. The number of fused-ring (bicyclic) bond motifs is 1. The molecule has 1 aromatic heterocycles. The highest BCUT2D eigenvalue weighted by Gasteiger charge is 2.40. The molecule has 0 atom stereocenters. The fourth-order valence-corrected chi connectivity index (χ4v) is 7.35. The Morgan fingerprint density at radius 2 is 1.50 bits per heavy atom. The lowest BCUT2D eigenvalue weighted by molar-refractivity contribution is 0.0664. The number of rotatable bonds is 10. The maximum atomic E-state index is 13.5. The molecule has 4 rings (SSSR count). The number of furan rings is 1. The van der Waals surface area contributed by atoms with E-state index >= 15 is 0 Å². The minimum Gasteiger partial charge on any atom is -0.493 e. The Morgan fingerprint density at radius 1 is 0.861 bits per heavy atom. The van der Waals surface area contributed by atoms with Gasteiger partial charge in [0.05, 0.1) is 48.8 Å². The van der Waals surface area contributed by atoms with E-state index in [0.29, 0.717) is 0 Å². The standard InChI is InChI=1S/C23H22N2O9S2/c1-32-20-10-9-17(14-21(20)33-2)36(30,31)25(15-16-6-5-12-34-16)35(28,29)13-11-24-22(26)18-7-3-4-8-19(18)23(24)27/h3-10,12,14H,11,13,15H2,1-2H3. The van der Waals surface area contributed by atoms with Gasteiger partial charge in [-0.1, -0.05) is 15.8 Å². The highest BCUT2D eigenvalue weighted by Crippen LogP contribution is 2.32. The summed E-state index contributed by atoms with van der Waals surface area (Å²) in [6.45, 7) is -1.17. The first-order chi connectivity index (χ1) is 17.1. The summed E-state index contributed by atoms with van der Waals surface area (Å²) in [6, 6.07) is 12.7. The van der Waals surface area contributed by atoms with Gasteiger partial charge in [-0.15, -0.1) is 0 Å². The van der Waals surface area contributed by atoms with Crippen LogP contribution in [0.4, 0.5) is 0 Å². The van der Waals surface area contributed by atoms with Crippen molar-refractivity contribution in [2.75, 3.05) is 26.5 Å². The Labute approximate surface area is 207 Å². The van der Waals surface area contributed by atoms with Crippen molar-refractivity contribution < 1.29 is 40.3 Å². The third-order valence-electron chi connectivity index (χ3n) is 5.55. The van der Waals surface area contributed by atoms with Crippen LogP contribution in [0.25, 0.3) is 0 Å². The molecule has 0 unspecified atom stereocenters. The zero-order chi connectivity index (χ0) is 26.1. The number of ether oxygens (including phenoxy) is 2. The number of nitrogens with zero attached hydrogens (tertiary/aromatic N) is 2. The molecule has 13 heteroatoms. The van der Waals surface area contributed by atoms with Gasteiger partial charge in [-0.2, -0.15) is 0 Å². The van der Waals surface area contributed by atoms with Gasteiger partial charge in [0.15, 0.2) is 11.5 Å². The molecular weight excluding hydrogens is 512 g/mol. The van der Waals surface area contributed by atoms with E-state index in [1.54, 1.807) is 12.1 Å². The fraction of sp³-hybridized carbons (Fsp3) is 0.217. The van der Waals surface area contributed by atoms with Crippen LogP contribution in [-0.4, -0.2) is 63.8 Å². The molecule has 1 aliphatic rings. The Kier molecular flexibility index (Phi) is 6.89. The molecule has 0 bridgehead atoms. The van der Waals surface area contributed by atoms with Crippen LogP contribution >= 0.6 is 0 Å². The van der Waals surface area contributed by atoms with Gasteiger partial charge >= 0.3 is 0 Å². The summed E-state index contributed by atoms with van der Waals surface area (Å²) in [6.07, 6.45) is 1.28. The number of amides is 2. The smallest absolute Gasteiger partial charge is 0.261 e. The van der Waals surface area contributed by atoms with Gasteiger partial charge in [0.2, 0.25) is 10.0 Å². The number of hydrogen-bond donors (Lipinski definition) is 0. The Hall–Kier alpha value is -3.68. The van der Waals surface area contributed by atoms with Crippen LogP contribution in [0, 0.1) is 0 Å². The van der Waals surface area contributed by atoms with Crippen LogP contribution in [-0.2, 0) is 26.6 Å². The third-order valence-corrected chi connectivity index (χ3v) is 9.78. The molecule has 0 aliphatic carbocycles. The first kappa shape index (κ1) is 25.4. The second kappa shape index (κ2) is 9.76. The molecule has 0 radical (unpaired) electrons. The lowest BCUT2D eigenvalue weighted by Crippen LogP contribution is -2.42. The summed E-state index contributed by atoms with van der Waals surface area (Å²) < 4.78 is 69.6. The van der Waals surface area contributed by atoms with Gasteiger partial charge in [0.25, 0.3) is 21.8 Å². The van der Waals surface area contributed by atoms with E-state index in [-0.39, 0.29) is 37.0 Å². The van der Waals surface area contributed by atoms with Crippen molar-refractivity contribution in [3.63, 3.8) is 0 Å². The molecule has 3 aromatic rings. The van der Waals surface area contributed by atoms with Crippen molar-refractivity contribution in [3.8, 4) is 11.5 Å². The minimum atomic E-state index is -4.66. The van der Waals surface area contributed by atoms with Gasteiger partial charge in [0, 0.05) is 12.6 Å². The summed E-state index contributed by atoms with van der Waals surface area (Å²) >= 11 is 0. The highest BCUT2D eigenvalue weighted by molar-refractivity contribution is 8.04. The van der Waals surface area contributed by atoms with E-state index in [1.165, 1.54) is 56.9 Å². The van der Waals surface area contributed by atoms with Crippen LogP contribution in [0.2, 0.25) is 0 Å². The number of sulfonamides is 2. The average Bonchev–Trinajstić information content (AvgIpc) is 3.47. The lowest BCUT2D eigenvalue weighted by Gasteiger charge is -2.23. The monoisotopic (exact) mass is 534 g/mol. The number of hydrogen-bond acceptors (Lipinski definition) is 9. The molecule has 2 aromatic carbocycles. The minimum absolute atomic E-state index is 0.0726. The molecule has 1 aliphatic heterocycles. The van der Waals surface area contributed by atoms with Crippen molar-refractivity contribution in [2.45, 2.75) is 11.4 Å². The summed E-state index contributed by atoms with van der Waals surface area (Å²) in [5.41, 5.74) is 0.315. The molecular formula is C23H22N2O9S2. The average molecular weight is 535 g/mol. The Bertz CT molecular complexity index is 1480. The summed E-state index contributed by atoms with van der Waals surface area (Å²) in [7, 11) is -6.56. The van der Waals surface area contributed by atoms with Crippen molar-refractivity contribution >= 4 is 31.9 Å². The van der Waals surface area contributed by atoms with Crippen LogP contribution in [0.3, 0.4) is 0 Å². The second-order valence-electron chi connectivity index (χ2n) is 7.66. The molecule has 0 saturated carbocycles. The number of imide groups is 1. The summed E-state index contributed by atoms with van der Waals surface area (Å²) in [5, 5.41) is 0. The molecule has 0 fully saturated rings. The number of methoxy groups -OCH3 is 2. The predicted molar refractivity (Wildman–Crippen MR) is 127 cm³/mol. The van der Waals surface area contributed by atoms with Crippen LogP contribution in [0.5, 0.6) is 11.5 Å². The normalized spacial score (nSPS) is 13.8. The van der Waals surface area contributed by atoms with Crippen molar-refractivity contribution in [2.24, 2.45) is 0 Å². The topological polar surface area (TPSA) is 140 Å². The van der Waals surface area contributed by atoms with Crippen molar-refractivity contribution in [3.05, 3.63) is 77.7 Å². The van der Waals surface area contributed by atoms with E-state index in [0.717, 1.165) is 11.0 Å². The first-order valence-electron chi connectivity index (χ1n) is 10.6. The van der Waals surface area contributed by atoms with E-state index in [2.05, 4.69) is 0 Å². The molecule has 0 saturated heterocycles. The molecule has 0 N–H and O–H groups in total. The molecule has 0 spiro atoms. The van der Waals surface area contributed by atoms with Crippen LogP contribution in [0.15, 0.2) is 70.2 Å². The number of carbonyl (C=O) groups excluding carboxylic acids is 2. The lowest BCUT2D eigenvalue weighted by atomic mass is 10.1. The van der Waals surface area contributed by atoms with E-state index in [9.17, 15) is 26.4 Å². The quantitative estimate of drug-likeness (QED) is 0.358. The van der Waals surface area contributed by atoms with Crippen molar-refractivity contribution in [1.29, 1.82) is 0 Å². The molecule has 11 nitrogen and oxygen atoms in total. The summed E-state index contributed by atoms with van der Waals surface area (Å²) in [5.74, 6) is -1.71. The zero-order valence-electron chi connectivity index (χ0n) is 19.3. The SMILES string of the molecule is COc1ccc(S(=O)(=O)N(Cc2ccco2)S(=O)(=O)CCN2C(=O)c3ccccc3C2=O)cc1OC. The molecule has 36 heavy (non-hydrogen) atoms. The Balaban J connectivity index is 1.66. The highest BCUT2D eigenvalue weighted by atomic mass is 32.3.